The molecule has 2 N–H and O–H groups in total. The average Bonchev–Trinajstić information content (AvgIpc) is 2.91. The number of nitrogens with two attached hydrogens (primary N) is 1. The number of hydrogen-bond donors (Lipinski definition) is 1. The van der Waals surface area contributed by atoms with Crippen molar-refractivity contribution in [3.8, 4) is 11.3 Å². The van der Waals surface area contributed by atoms with Crippen molar-refractivity contribution in [2.75, 3.05) is 32.6 Å². The fraction of sp³-hybridized carbons (Fsp3) is 0.350. The van der Waals surface area contributed by atoms with E-state index in [1.807, 2.05) is 18.3 Å². The van der Waals surface area contributed by atoms with Gasteiger partial charge >= 0.3 is 0 Å². The van der Waals surface area contributed by atoms with Crippen molar-refractivity contribution in [2.24, 2.45) is 5.73 Å². The zero-order valence-electron chi connectivity index (χ0n) is 15.3. The molecular formula is C20H22N5OS+. The Labute approximate surface area is 162 Å². The van der Waals surface area contributed by atoms with Crippen LogP contribution in [0, 0.1) is 0 Å². The molecule has 3 aliphatic rings. The minimum atomic E-state index is -0.299. The molecule has 1 fully saturated rings. The number of fused-ring (bicyclic) bond motifs is 5. The van der Waals surface area contributed by atoms with Crippen LogP contribution < -0.4 is 10.2 Å². The quantitative estimate of drug-likeness (QED) is 0.638. The maximum absolute atomic E-state index is 6.06. The molecule has 0 aromatic carbocycles. The first-order valence-corrected chi connectivity index (χ1v) is 10.4. The molecule has 2 spiro atoms. The van der Waals surface area contributed by atoms with Gasteiger partial charge in [-0.2, -0.15) is 4.98 Å². The third-order valence-corrected chi connectivity index (χ3v) is 6.76. The van der Waals surface area contributed by atoms with Crippen molar-refractivity contribution in [3.05, 3.63) is 54.3 Å². The Bertz CT molecular complexity index is 952. The van der Waals surface area contributed by atoms with Gasteiger partial charge in [0.1, 0.15) is 18.0 Å². The highest BCUT2D eigenvalue weighted by Crippen LogP contribution is 2.54. The number of aromatic nitrogens is 3. The van der Waals surface area contributed by atoms with E-state index in [4.69, 9.17) is 20.4 Å². The summed E-state index contributed by atoms with van der Waals surface area (Å²) in [5, 5.41) is 0. The largest absolute Gasteiger partial charge is 0.399 e. The van der Waals surface area contributed by atoms with Gasteiger partial charge in [0.2, 0.25) is 11.6 Å². The first-order chi connectivity index (χ1) is 13.2. The molecule has 27 heavy (non-hydrogen) atoms. The Morgan fingerprint density at radius 2 is 2.11 bits per heavy atom. The summed E-state index contributed by atoms with van der Waals surface area (Å²) in [6.07, 6.45) is 12.9. The Balaban J connectivity index is 1.77. The van der Waals surface area contributed by atoms with Crippen LogP contribution in [0.5, 0.6) is 0 Å². The fourth-order valence-corrected chi connectivity index (χ4v) is 5.34. The minimum Gasteiger partial charge on any atom is -0.399 e. The molecule has 2 aliphatic heterocycles. The predicted octanol–water partition coefficient (Wildman–Crippen LogP) is 2.61. The summed E-state index contributed by atoms with van der Waals surface area (Å²) in [5.41, 5.74) is 8.58. The highest BCUT2D eigenvalue weighted by molar-refractivity contribution is 7.98. The number of pyridine rings is 1. The standard InChI is InChI=1S/C20H22N5OS/c1-27-17-16(14-3-2-8-22-13-14)23-19-20(6-4-15(21)5-7-20)25(18(17)24-19)9-11-26-12-10-25/h2-6,8,13H,7,9-12,21H2,1H3/q+1. The third-order valence-electron chi connectivity index (χ3n) is 5.98. The second-order valence-electron chi connectivity index (χ2n) is 7.19. The van der Waals surface area contributed by atoms with E-state index in [-0.39, 0.29) is 5.54 Å². The van der Waals surface area contributed by atoms with E-state index in [9.17, 15) is 0 Å². The van der Waals surface area contributed by atoms with Crippen molar-refractivity contribution < 1.29 is 4.74 Å². The number of thioether (sulfide) groups is 1. The van der Waals surface area contributed by atoms with Gasteiger partial charge in [-0.05, 0) is 30.5 Å². The monoisotopic (exact) mass is 380 g/mol. The second kappa shape index (κ2) is 6.15. The van der Waals surface area contributed by atoms with E-state index in [0.29, 0.717) is 0 Å². The maximum atomic E-state index is 6.06. The van der Waals surface area contributed by atoms with Crippen molar-refractivity contribution in [1.29, 1.82) is 0 Å². The lowest BCUT2D eigenvalue weighted by atomic mass is 9.85. The molecule has 0 saturated carbocycles. The molecule has 6 nitrogen and oxygen atoms in total. The van der Waals surface area contributed by atoms with E-state index in [0.717, 1.165) is 70.7 Å². The smallest absolute Gasteiger partial charge is 0.246 e. The molecule has 0 amide bonds. The van der Waals surface area contributed by atoms with Crippen molar-refractivity contribution >= 4 is 17.6 Å². The summed E-state index contributed by atoms with van der Waals surface area (Å²) < 4.78 is 6.50. The van der Waals surface area contributed by atoms with Crippen LogP contribution >= 0.6 is 11.8 Å². The highest BCUT2D eigenvalue weighted by Gasteiger charge is 2.61. The zero-order valence-corrected chi connectivity index (χ0v) is 16.1. The molecule has 4 heterocycles. The van der Waals surface area contributed by atoms with Crippen LogP contribution in [0.1, 0.15) is 12.2 Å². The van der Waals surface area contributed by atoms with Gasteiger partial charge < -0.3 is 10.5 Å². The van der Waals surface area contributed by atoms with Gasteiger partial charge in [-0.3, -0.25) is 9.47 Å². The van der Waals surface area contributed by atoms with Gasteiger partial charge in [-0.1, -0.05) is 6.08 Å². The number of quaternary nitrogens is 1. The van der Waals surface area contributed by atoms with E-state index in [2.05, 4.69) is 29.5 Å². The van der Waals surface area contributed by atoms with Crippen LogP contribution in [0.3, 0.4) is 0 Å². The second-order valence-corrected chi connectivity index (χ2v) is 8.00. The molecule has 7 heteroatoms. The Morgan fingerprint density at radius 1 is 1.26 bits per heavy atom. The number of hydrogen-bond acceptors (Lipinski definition) is 6. The Hall–Kier alpha value is -2.22. The van der Waals surface area contributed by atoms with Crippen molar-refractivity contribution in [3.63, 3.8) is 0 Å². The minimum absolute atomic E-state index is 0.299. The Morgan fingerprint density at radius 3 is 2.78 bits per heavy atom. The molecule has 2 aromatic rings. The first kappa shape index (κ1) is 16.9. The molecule has 2 bridgehead atoms. The molecule has 1 unspecified atom stereocenters. The van der Waals surface area contributed by atoms with Crippen LogP contribution in [0.15, 0.2) is 53.3 Å². The fourth-order valence-electron chi connectivity index (χ4n) is 4.58. The molecule has 0 radical (unpaired) electrons. The van der Waals surface area contributed by atoms with E-state index >= 15 is 0 Å². The first-order valence-electron chi connectivity index (χ1n) is 9.17. The van der Waals surface area contributed by atoms with E-state index in [1.165, 1.54) is 0 Å². The van der Waals surface area contributed by atoms with Crippen LogP contribution in [0.25, 0.3) is 11.3 Å². The maximum Gasteiger partial charge on any atom is 0.246 e. The van der Waals surface area contributed by atoms with Crippen molar-refractivity contribution in [2.45, 2.75) is 16.9 Å². The summed E-state index contributed by atoms with van der Waals surface area (Å²) >= 11 is 1.72. The zero-order chi connectivity index (χ0) is 18.5. The van der Waals surface area contributed by atoms with Gasteiger partial charge in [0, 0.05) is 30.1 Å². The van der Waals surface area contributed by atoms with Crippen LogP contribution in [0.4, 0.5) is 5.82 Å². The summed E-state index contributed by atoms with van der Waals surface area (Å²) in [7, 11) is 0. The number of morpholine rings is 1. The van der Waals surface area contributed by atoms with Crippen LogP contribution in [0.2, 0.25) is 0 Å². The van der Waals surface area contributed by atoms with Gasteiger partial charge in [0.05, 0.1) is 18.9 Å². The molecule has 2 aromatic heterocycles. The average molecular weight is 380 g/mol. The van der Waals surface area contributed by atoms with Crippen molar-refractivity contribution in [1.82, 2.24) is 19.4 Å². The lowest BCUT2D eigenvalue weighted by Crippen LogP contribution is -2.65. The van der Waals surface area contributed by atoms with E-state index < -0.39 is 0 Å². The highest BCUT2D eigenvalue weighted by atomic mass is 32.2. The van der Waals surface area contributed by atoms with Gasteiger partial charge in [-0.25, -0.2) is 4.98 Å². The van der Waals surface area contributed by atoms with Gasteiger partial charge in [-0.15, -0.1) is 11.8 Å². The molecule has 1 aliphatic carbocycles. The summed E-state index contributed by atoms with van der Waals surface area (Å²) in [4.78, 5) is 15.6. The molecule has 138 valence electrons. The summed E-state index contributed by atoms with van der Waals surface area (Å²) in [5.74, 6) is 2.00. The number of allylic oxidation sites excluding steroid dienone is 1. The molecular weight excluding hydrogens is 358 g/mol. The summed E-state index contributed by atoms with van der Waals surface area (Å²) in [6, 6.07) is 4.02. The number of rotatable bonds is 2. The SMILES string of the molecule is CSc1c(-c2cccnc2)nc2nc1[N+]1(CCOCC1)C21C=CC(N)=CC1. The van der Waals surface area contributed by atoms with Crippen LogP contribution in [-0.2, 0) is 10.3 Å². The number of ether oxygens (including phenoxy) is 1. The third kappa shape index (κ3) is 2.25. The summed E-state index contributed by atoms with van der Waals surface area (Å²) in [6.45, 7) is 3.23. The van der Waals surface area contributed by atoms with Gasteiger partial charge in [0.15, 0.2) is 5.54 Å². The lowest BCUT2D eigenvalue weighted by Gasteiger charge is -2.48. The normalized spacial score (nSPS) is 25.1. The van der Waals surface area contributed by atoms with Crippen LogP contribution in [-0.4, -0.2) is 47.5 Å². The topological polar surface area (TPSA) is 73.9 Å². The molecule has 5 rings (SSSR count). The van der Waals surface area contributed by atoms with E-state index in [1.54, 1.807) is 18.0 Å². The number of nitrogens with zero attached hydrogens (tertiary/aromatic N) is 4. The Kier molecular flexibility index (Phi) is 3.86. The lowest BCUT2D eigenvalue weighted by molar-refractivity contribution is 0.000613. The predicted molar refractivity (Wildman–Crippen MR) is 107 cm³/mol. The van der Waals surface area contributed by atoms with Gasteiger partial charge in [0.25, 0.3) is 0 Å². The molecule has 1 atom stereocenters. The molecule has 1 saturated heterocycles.